The third-order valence-corrected chi connectivity index (χ3v) is 3.92. The van der Waals surface area contributed by atoms with Gasteiger partial charge in [-0.1, -0.05) is 12.1 Å². The van der Waals surface area contributed by atoms with E-state index in [0.717, 1.165) is 12.3 Å². The van der Waals surface area contributed by atoms with Gasteiger partial charge in [-0.15, -0.1) is 11.8 Å². The zero-order chi connectivity index (χ0) is 14.2. The summed E-state index contributed by atoms with van der Waals surface area (Å²) in [5.41, 5.74) is 0. The van der Waals surface area contributed by atoms with Crippen molar-refractivity contribution in [3.63, 3.8) is 0 Å². The SMILES string of the molecule is COc1ccccc1OCCCOC(=O)C1NCCS1. The van der Waals surface area contributed by atoms with Crippen LogP contribution in [-0.4, -0.2) is 44.0 Å². The third-order valence-electron chi connectivity index (χ3n) is 2.79. The van der Waals surface area contributed by atoms with E-state index < -0.39 is 0 Å². The fourth-order valence-corrected chi connectivity index (χ4v) is 2.72. The first-order chi connectivity index (χ1) is 9.81. The van der Waals surface area contributed by atoms with Crippen molar-refractivity contribution >= 4 is 17.7 Å². The van der Waals surface area contributed by atoms with Crippen molar-refractivity contribution in [2.75, 3.05) is 32.6 Å². The van der Waals surface area contributed by atoms with Gasteiger partial charge in [-0.25, -0.2) is 4.79 Å². The van der Waals surface area contributed by atoms with E-state index >= 15 is 0 Å². The highest BCUT2D eigenvalue weighted by molar-refractivity contribution is 8.00. The molecule has 1 fully saturated rings. The number of hydrogen-bond donors (Lipinski definition) is 1. The normalized spacial score (nSPS) is 17.8. The van der Waals surface area contributed by atoms with E-state index in [1.165, 1.54) is 0 Å². The average Bonchev–Trinajstić information content (AvgIpc) is 3.01. The van der Waals surface area contributed by atoms with Crippen LogP contribution in [0.1, 0.15) is 6.42 Å². The minimum absolute atomic E-state index is 0.190. The molecule has 0 aromatic heterocycles. The molecular formula is C14H19NO4S. The lowest BCUT2D eigenvalue weighted by atomic mass is 10.3. The van der Waals surface area contributed by atoms with Crippen molar-refractivity contribution in [3.05, 3.63) is 24.3 Å². The van der Waals surface area contributed by atoms with E-state index in [0.29, 0.717) is 31.1 Å². The van der Waals surface area contributed by atoms with E-state index in [1.54, 1.807) is 18.9 Å². The molecule has 1 atom stereocenters. The summed E-state index contributed by atoms with van der Waals surface area (Å²) in [6.07, 6.45) is 0.654. The van der Waals surface area contributed by atoms with E-state index in [1.807, 2.05) is 24.3 Å². The highest BCUT2D eigenvalue weighted by atomic mass is 32.2. The smallest absolute Gasteiger partial charge is 0.333 e. The molecule has 0 saturated carbocycles. The maximum absolute atomic E-state index is 11.6. The molecule has 20 heavy (non-hydrogen) atoms. The maximum Gasteiger partial charge on any atom is 0.333 e. The Hall–Kier alpha value is -1.40. The van der Waals surface area contributed by atoms with Crippen LogP contribution in [0.3, 0.4) is 0 Å². The molecule has 0 amide bonds. The first-order valence-corrected chi connectivity index (χ1v) is 7.63. The van der Waals surface area contributed by atoms with Crippen LogP contribution in [-0.2, 0) is 9.53 Å². The second-order valence-corrected chi connectivity index (χ2v) is 5.44. The Labute approximate surface area is 123 Å². The Morgan fingerprint density at radius 2 is 2.15 bits per heavy atom. The molecule has 1 aliphatic rings. The largest absolute Gasteiger partial charge is 0.493 e. The topological polar surface area (TPSA) is 56.8 Å². The lowest BCUT2D eigenvalue weighted by Gasteiger charge is -2.11. The minimum Gasteiger partial charge on any atom is -0.493 e. The quantitative estimate of drug-likeness (QED) is 0.610. The zero-order valence-electron chi connectivity index (χ0n) is 11.5. The van der Waals surface area contributed by atoms with E-state index in [4.69, 9.17) is 14.2 Å². The van der Waals surface area contributed by atoms with Crippen molar-refractivity contribution in [2.24, 2.45) is 0 Å². The highest BCUT2D eigenvalue weighted by Gasteiger charge is 2.23. The standard InChI is InChI=1S/C14H19NO4S/c1-17-11-5-2-3-6-12(11)18-8-4-9-19-14(16)13-15-7-10-20-13/h2-3,5-6,13,15H,4,7-10H2,1H3. The number of esters is 1. The minimum atomic E-state index is -0.204. The van der Waals surface area contributed by atoms with Gasteiger partial charge in [0.1, 0.15) is 0 Å². The fourth-order valence-electron chi connectivity index (χ4n) is 1.80. The van der Waals surface area contributed by atoms with Crippen molar-refractivity contribution in [3.8, 4) is 11.5 Å². The average molecular weight is 297 g/mol. The van der Waals surface area contributed by atoms with E-state index in [2.05, 4.69) is 5.32 Å². The van der Waals surface area contributed by atoms with Gasteiger partial charge < -0.3 is 14.2 Å². The van der Waals surface area contributed by atoms with Crippen LogP contribution in [0.5, 0.6) is 11.5 Å². The Morgan fingerprint density at radius 1 is 1.35 bits per heavy atom. The summed E-state index contributed by atoms with van der Waals surface area (Å²) in [6, 6.07) is 7.48. The van der Waals surface area contributed by atoms with Gasteiger partial charge in [-0.05, 0) is 12.1 Å². The third kappa shape index (κ3) is 4.31. The summed E-state index contributed by atoms with van der Waals surface area (Å²) in [6.45, 7) is 1.72. The van der Waals surface area contributed by atoms with Crippen LogP contribution in [0.25, 0.3) is 0 Å². The van der Waals surface area contributed by atoms with Crippen LogP contribution >= 0.6 is 11.8 Å². The molecule has 5 nitrogen and oxygen atoms in total. The molecule has 0 radical (unpaired) electrons. The van der Waals surface area contributed by atoms with Crippen LogP contribution in [0.15, 0.2) is 24.3 Å². The molecule has 2 rings (SSSR count). The molecule has 1 aliphatic heterocycles. The van der Waals surface area contributed by atoms with Gasteiger partial charge in [0.2, 0.25) is 0 Å². The number of carbonyl (C=O) groups is 1. The first-order valence-electron chi connectivity index (χ1n) is 6.58. The summed E-state index contributed by atoms with van der Waals surface area (Å²) >= 11 is 1.58. The van der Waals surface area contributed by atoms with E-state index in [-0.39, 0.29) is 11.3 Å². The van der Waals surface area contributed by atoms with Crippen molar-refractivity contribution in [1.29, 1.82) is 0 Å². The Balaban J connectivity index is 1.62. The van der Waals surface area contributed by atoms with Crippen LogP contribution in [0.4, 0.5) is 0 Å². The number of methoxy groups -OCH3 is 1. The summed E-state index contributed by atoms with van der Waals surface area (Å²) in [5, 5.41) is 2.88. The van der Waals surface area contributed by atoms with Crippen molar-refractivity contribution in [2.45, 2.75) is 11.8 Å². The molecule has 1 heterocycles. The first kappa shape index (κ1) is 15.0. The van der Waals surface area contributed by atoms with E-state index in [9.17, 15) is 4.79 Å². The molecule has 1 unspecified atom stereocenters. The number of para-hydroxylation sites is 2. The molecule has 110 valence electrons. The summed E-state index contributed by atoms with van der Waals surface area (Å²) < 4.78 is 16.0. The van der Waals surface area contributed by atoms with Gasteiger partial charge >= 0.3 is 5.97 Å². The number of ether oxygens (including phenoxy) is 3. The van der Waals surface area contributed by atoms with Crippen LogP contribution in [0.2, 0.25) is 0 Å². The molecule has 0 aliphatic carbocycles. The number of hydrogen-bond acceptors (Lipinski definition) is 6. The molecule has 1 N–H and O–H groups in total. The lowest BCUT2D eigenvalue weighted by molar-refractivity contribution is -0.143. The Kier molecular flexibility index (Phi) is 6.01. The molecular weight excluding hydrogens is 278 g/mol. The van der Waals surface area contributed by atoms with Gasteiger partial charge in [-0.2, -0.15) is 0 Å². The van der Waals surface area contributed by atoms with Crippen molar-refractivity contribution in [1.82, 2.24) is 5.32 Å². The van der Waals surface area contributed by atoms with Crippen LogP contribution in [0, 0.1) is 0 Å². The maximum atomic E-state index is 11.6. The molecule has 0 bridgehead atoms. The molecule has 1 aromatic carbocycles. The van der Waals surface area contributed by atoms with Gasteiger partial charge in [0, 0.05) is 18.7 Å². The van der Waals surface area contributed by atoms with Crippen LogP contribution < -0.4 is 14.8 Å². The van der Waals surface area contributed by atoms with Gasteiger partial charge in [0.15, 0.2) is 16.9 Å². The Bertz CT molecular complexity index is 435. The van der Waals surface area contributed by atoms with Gasteiger partial charge in [0.25, 0.3) is 0 Å². The lowest BCUT2D eigenvalue weighted by Crippen LogP contribution is -2.30. The van der Waals surface area contributed by atoms with Gasteiger partial charge in [-0.3, -0.25) is 5.32 Å². The summed E-state index contributed by atoms with van der Waals surface area (Å²) in [5.74, 6) is 2.17. The summed E-state index contributed by atoms with van der Waals surface area (Å²) in [4.78, 5) is 11.6. The number of rotatable bonds is 7. The number of nitrogens with one attached hydrogen (secondary N) is 1. The Morgan fingerprint density at radius 3 is 2.85 bits per heavy atom. The monoisotopic (exact) mass is 297 g/mol. The molecule has 0 spiro atoms. The predicted octanol–water partition coefficient (Wildman–Crippen LogP) is 1.67. The second kappa shape index (κ2) is 8.01. The highest BCUT2D eigenvalue weighted by Crippen LogP contribution is 2.25. The fraction of sp³-hybridized carbons (Fsp3) is 0.500. The second-order valence-electron chi connectivity index (χ2n) is 4.23. The molecule has 1 saturated heterocycles. The summed E-state index contributed by atoms with van der Waals surface area (Å²) in [7, 11) is 1.61. The predicted molar refractivity (Wildman–Crippen MR) is 78.3 cm³/mol. The van der Waals surface area contributed by atoms with Crippen molar-refractivity contribution < 1.29 is 19.0 Å². The number of benzene rings is 1. The zero-order valence-corrected chi connectivity index (χ0v) is 12.3. The number of thioether (sulfide) groups is 1. The number of carbonyl (C=O) groups excluding carboxylic acids is 1. The molecule has 6 heteroatoms. The molecule has 1 aromatic rings. The van der Waals surface area contributed by atoms with Gasteiger partial charge in [0.05, 0.1) is 20.3 Å².